The molecule has 1 aliphatic heterocycles. The number of benzene rings is 3. The minimum absolute atomic E-state index is 0.0485. The molecule has 5 rings (SSSR count). The molecule has 0 bridgehead atoms. The van der Waals surface area contributed by atoms with Crippen molar-refractivity contribution in [3.63, 3.8) is 0 Å². The van der Waals surface area contributed by atoms with Crippen molar-refractivity contribution in [1.29, 1.82) is 0 Å². The number of aromatic nitrogens is 1. The van der Waals surface area contributed by atoms with E-state index in [9.17, 15) is 14.7 Å². The largest absolute Gasteiger partial charge is 0.507 e. The van der Waals surface area contributed by atoms with Crippen molar-refractivity contribution >= 4 is 44.1 Å². The highest BCUT2D eigenvalue weighted by atomic mass is 32.1. The molecule has 6 heteroatoms. The van der Waals surface area contributed by atoms with Gasteiger partial charge in [0.15, 0.2) is 5.13 Å². The summed E-state index contributed by atoms with van der Waals surface area (Å²) < 4.78 is 0.937. The summed E-state index contributed by atoms with van der Waals surface area (Å²) in [7, 11) is 0. The highest BCUT2D eigenvalue weighted by Crippen LogP contribution is 2.44. The Hall–Kier alpha value is -3.77. The number of thiazole rings is 1. The van der Waals surface area contributed by atoms with Crippen molar-refractivity contribution in [2.24, 2.45) is 0 Å². The molecule has 0 saturated carbocycles. The molecule has 1 amide bonds. The van der Waals surface area contributed by atoms with Crippen LogP contribution in [0.5, 0.6) is 0 Å². The van der Waals surface area contributed by atoms with Crippen LogP contribution < -0.4 is 4.90 Å². The Balaban J connectivity index is 1.71. The predicted molar refractivity (Wildman–Crippen MR) is 145 cm³/mol. The van der Waals surface area contributed by atoms with Crippen LogP contribution in [0, 0.1) is 13.8 Å². The number of carbonyl (C=O) groups is 2. The molecule has 1 saturated heterocycles. The Bertz CT molecular complexity index is 1520. The van der Waals surface area contributed by atoms with E-state index in [4.69, 9.17) is 4.98 Å². The molecule has 0 spiro atoms. The zero-order valence-electron chi connectivity index (χ0n) is 21.0. The van der Waals surface area contributed by atoms with Crippen molar-refractivity contribution in [3.8, 4) is 0 Å². The van der Waals surface area contributed by atoms with Crippen LogP contribution in [0.3, 0.4) is 0 Å². The fourth-order valence-electron chi connectivity index (χ4n) is 4.50. The topological polar surface area (TPSA) is 70.5 Å². The van der Waals surface area contributed by atoms with Crippen LogP contribution in [0.15, 0.2) is 72.3 Å². The first-order chi connectivity index (χ1) is 17.0. The molecule has 3 aromatic carbocycles. The van der Waals surface area contributed by atoms with E-state index >= 15 is 0 Å². The fraction of sp³-hybridized carbons (Fsp3) is 0.233. The van der Waals surface area contributed by atoms with E-state index in [1.165, 1.54) is 16.2 Å². The molecule has 1 aliphatic rings. The van der Waals surface area contributed by atoms with Gasteiger partial charge in [0.1, 0.15) is 5.76 Å². The number of anilines is 1. The highest BCUT2D eigenvalue weighted by molar-refractivity contribution is 7.22. The van der Waals surface area contributed by atoms with Gasteiger partial charge in [-0.25, -0.2) is 4.98 Å². The molecule has 182 valence electrons. The molecule has 1 aromatic heterocycles. The molecule has 2 heterocycles. The zero-order valence-corrected chi connectivity index (χ0v) is 21.8. The van der Waals surface area contributed by atoms with Gasteiger partial charge in [0.25, 0.3) is 5.78 Å². The number of rotatable bonds is 3. The third-order valence-electron chi connectivity index (χ3n) is 6.60. The van der Waals surface area contributed by atoms with Gasteiger partial charge in [0.2, 0.25) is 0 Å². The van der Waals surface area contributed by atoms with Crippen molar-refractivity contribution in [3.05, 3.63) is 100 Å². The van der Waals surface area contributed by atoms with Crippen molar-refractivity contribution in [2.75, 3.05) is 4.90 Å². The van der Waals surface area contributed by atoms with Crippen LogP contribution in [0.4, 0.5) is 5.13 Å². The Morgan fingerprint density at radius 3 is 2.19 bits per heavy atom. The normalized spacial score (nSPS) is 17.8. The Morgan fingerprint density at radius 1 is 0.917 bits per heavy atom. The second-order valence-electron chi connectivity index (χ2n) is 10.4. The number of fused-ring (bicyclic) bond motifs is 1. The lowest BCUT2D eigenvalue weighted by molar-refractivity contribution is -0.132. The Labute approximate surface area is 214 Å². The van der Waals surface area contributed by atoms with E-state index in [1.807, 2.05) is 68.4 Å². The van der Waals surface area contributed by atoms with Gasteiger partial charge >= 0.3 is 5.91 Å². The first kappa shape index (κ1) is 23.9. The van der Waals surface area contributed by atoms with Crippen LogP contribution in [-0.4, -0.2) is 21.8 Å². The molecule has 0 unspecified atom stereocenters. The maximum Gasteiger partial charge on any atom is 0.301 e. The number of aryl methyl sites for hydroxylation is 2. The third-order valence-corrected chi connectivity index (χ3v) is 7.62. The van der Waals surface area contributed by atoms with Crippen molar-refractivity contribution in [2.45, 2.75) is 46.1 Å². The lowest BCUT2D eigenvalue weighted by atomic mass is 9.85. The van der Waals surface area contributed by atoms with Gasteiger partial charge in [-0.3, -0.25) is 14.5 Å². The minimum atomic E-state index is -0.790. The number of hydrogen-bond donors (Lipinski definition) is 1. The average molecular weight is 497 g/mol. The van der Waals surface area contributed by atoms with Gasteiger partial charge in [0, 0.05) is 5.56 Å². The first-order valence-corrected chi connectivity index (χ1v) is 12.7. The second kappa shape index (κ2) is 8.71. The van der Waals surface area contributed by atoms with Crippen LogP contribution in [-0.2, 0) is 15.0 Å². The predicted octanol–water partition coefficient (Wildman–Crippen LogP) is 6.84. The summed E-state index contributed by atoms with van der Waals surface area (Å²) in [6.45, 7) is 10.4. The second-order valence-corrected chi connectivity index (χ2v) is 11.4. The summed E-state index contributed by atoms with van der Waals surface area (Å²) in [5.74, 6) is -1.59. The molecule has 36 heavy (non-hydrogen) atoms. The zero-order chi connectivity index (χ0) is 25.8. The SMILES string of the molecule is Cc1ccc(C(O)=C2C(=O)C(=O)N(c3nc4ccc(C)cc4s3)[C@H]2c2ccc(C(C)(C)C)cc2)cc1. The van der Waals surface area contributed by atoms with Gasteiger partial charge in [-0.05, 0) is 48.1 Å². The van der Waals surface area contributed by atoms with Gasteiger partial charge in [-0.2, -0.15) is 0 Å². The maximum absolute atomic E-state index is 13.5. The van der Waals surface area contributed by atoms with Gasteiger partial charge in [0.05, 0.1) is 21.8 Å². The highest BCUT2D eigenvalue weighted by Gasteiger charge is 2.48. The lowest BCUT2D eigenvalue weighted by Gasteiger charge is -2.24. The number of aliphatic hydroxyl groups excluding tert-OH is 1. The smallest absolute Gasteiger partial charge is 0.301 e. The summed E-state index contributed by atoms with van der Waals surface area (Å²) in [5, 5.41) is 11.8. The van der Waals surface area contributed by atoms with Crippen LogP contribution in [0.25, 0.3) is 16.0 Å². The number of carbonyl (C=O) groups excluding carboxylic acids is 2. The molecule has 1 N–H and O–H groups in total. The summed E-state index contributed by atoms with van der Waals surface area (Å²) >= 11 is 1.37. The van der Waals surface area contributed by atoms with E-state index in [-0.39, 0.29) is 16.7 Å². The van der Waals surface area contributed by atoms with Gasteiger partial charge in [-0.15, -0.1) is 0 Å². The molecule has 0 radical (unpaired) electrons. The van der Waals surface area contributed by atoms with Gasteiger partial charge in [-0.1, -0.05) is 92.3 Å². The summed E-state index contributed by atoms with van der Waals surface area (Å²) in [6, 6.07) is 20.3. The lowest BCUT2D eigenvalue weighted by Crippen LogP contribution is -2.29. The summed E-state index contributed by atoms with van der Waals surface area (Å²) in [5.41, 5.74) is 5.29. The molecule has 0 aliphatic carbocycles. The molecular weight excluding hydrogens is 468 g/mol. The third kappa shape index (κ3) is 4.11. The van der Waals surface area contributed by atoms with Crippen LogP contribution in [0.2, 0.25) is 0 Å². The van der Waals surface area contributed by atoms with Crippen LogP contribution >= 0.6 is 11.3 Å². The van der Waals surface area contributed by atoms with Gasteiger partial charge < -0.3 is 5.11 Å². The fourth-order valence-corrected chi connectivity index (χ4v) is 5.59. The number of amides is 1. The maximum atomic E-state index is 13.5. The van der Waals surface area contributed by atoms with Crippen LogP contribution in [0.1, 0.15) is 54.6 Å². The summed E-state index contributed by atoms with van der Waals surface area (Å²) in [6.07, 6.45) is 0. The minimum Gasteiger partial charge on any atom is -0.507 e. The van der Waals surface area contributed by atoms with Crippen molar-refractivity contribution < 1.29 is 14.7 Å². The Kier molecular flexibility index (Phi) is 5.80. The first-order valence-electron chi connectivity index (χ1n) is 11.9. The molecular formula is C30H28N2O3S. The molecule has 1 atom stereocenters. The van der Waals surface area contributed by atoms with E-state index in [1.54, 1.807) is 12.1 Å². The monoisotopic (exact) mass is 496 g/mol. The van der Waals surface area contributed by atoms with E-state index in [0.29, 0.717) is 10.7 Å². The average Bonchev–Trinajstić information content (AvgIpc) is 3.36. The number of hydrogen-bond acceptors (Lipinski definition) is 5. The number of ketones is 1. The molecule has 4 aromatic rings. The number of aliphatic hydroxyl groups is 1. The summed E-state index contributed by atoms with van der Waals surface area (Å²) in [4.78, 5) is 33.0. The quantitative estimate of drug-likeness (QED) is 0.192. The van der Waals surface area contributed by atoms with E-state index in [2.05, 4.69) is 20.8 Å². The molecule has 1 fully saturated rings. The number of Topliss-reactive ketones (excluding diaryl/α,β-unsaturated/α-hetero) is 1. The number of nitrogens with zero attached hydrogens (tertiary/aromatic N) is 2. The molecule has 5 nitrogen and oxygen atoms in total. The Morgan fingerprint density at radius 2 is 1.56 bits per heavy atom. The van der Waals surface area contributed by atoms with E-state index in [0.717, 1.165) is 32.5 Å². The van der Waals surface area contributed by atoms with E-state index < -0.39 is 17.7 Å². The standard InChI is InChI=1S/C30H28N2O3S/c1-17-6-9-20(10-7-17)26(33)24-25(19-11-13-21(14-12-19)30(3,4)5)32(28(35)27(24)34)29-31-22-15-8-18(2)16-23(22)36-29/h6-16,25,33H,1-5H3/t25-/m0/s1. The van der Waals surface area contributed by atoms with Crippen molar-refractivity contribution in [1.82, 2.24) is 4.98 Å².